The van der Waals surface area contributed by atoms with E-state index in [4.69, 9.17) is 36.3 Å². The van der Waals surface area contributed by atoms with Gasteiger partial charge in [0.15, 0.2) is 0 Å². The highest BCUT2D eigenvalue weighted by molar-refractivity contribution is 6.35. The van der Waals surface area contributed by atoms with Crippen LogP contribution in [0.2, 0.25) is 5.02 Å². The highest BCUT2D eigenvalue weighted by atomic mass is 35.5. The Morgan fingerprint density at radius 2 is 1.91 bits per heavy atom. The molecule has 4 bridgehead atoms. The molecule has 0 aliphatic carbocycles. The summed E-state index contributed by atoms with van der Waals surface area (Å²) in [5.41, 5.74) is 3.70. The van der Waals surface area contributed by atoms with E-state index in [1.807, 2.05) is 13.0 Å². The fourth-order valence-electron chi connectivity index (χ4n) is 6.71. The number of nitrogen functional groups attached to an aromatic ring is 1. The van der Waals surface area contributed by atoms with E-state index in [-0.39, 0.29) is 23.6 Å². The minimum atomic E-state index is -4.91. The number of ether oxygens (including phenoxy) is 4. The van der Waals surface area contributed by atoms with E-state index in [2.05, 4.69) is 5.32 Å². The number of hydrogen-bond donors (Lipinski definition) is 3. The number of nitrogens with zero attached hydrogens (tertiary/aromatic N) is 2. The summed E-state index contributed by atoms with van der Waals surface area (Å²) in [6.45, 7) is 4.89. The zero-order valence-corrected chi connectivity index (χ0v) is 31.9. The van der Waals surface area contributed by atoms with Crippen molar-refractivity contribution < 1.29 is 56.4 Å². The highest BCUT2D eigenvalue weighted by Crippen LogP contribution is 2.42. The molecule has 0 spiro atoms. The van der Waals surface area contributed by atoms with Gasteiger partial charge in [-0.2, -0.15) is 13.2 Å². The van der Waals surface area contributed by atoms with Crippen LogP contribution in [0.1, 0.15) is 61.5 Å². The van der Waals surface area contributed by atoms with Crippen molar-refractivity contribution in [3.8, 4) is 5.75 Å². The van der Waals surface area contributed by atoms with E-state index >= 15 is 0 Å². The third-order valence-corrected chi connectivity index (χ3v) is 10.5. The molecule has 0 radical (unpaired) electrons. The standard InChI is InChI=1S/C38H44ClF3N4O9/c1-19-9-7-8-12-37(51)18-29(54-36(50)44-37)20(2)32-33(55-32)28(17-30(47)46(5)26-14-22(13-19)15-27(52-6)31(26)39)53-35(49)21(3)45(4)34(48)24-11-10-23(43)16-25(24)38(40,41)42/h7-11,14-16,20-21,28-29,32-33,51H,12-13,17-18,43H2,1-6H3,(H,44,50)/b8-7+,19-9+/t20-,21+,28+,29+,32+,33+,37-/m1/s1. The number of anilines is 2. The molecule has 2 aromatic carbocycles. The number of benzene rings is 2. The molecule has 2 saturated heterocycles. The first-order chi connectivity index (χ1) is 25.7. The number of alkyl carbamates (subject to hydrolysis) is 1. The number of aliphatic hydroxyl groups is 1. The maximum absolute atomic E-state index is 14.0. The van der Waals surface area contributed by atoms with Crippen molar-refractivity contribution in [2.45, 2.75) is 88.8 Å². The third kappa shape index (κ3) is 9.36. The molecule has 7 atom stereocenters. The van der Waals surface area contributed by atoms with Crippen molar-refractivity contribution in [1.82, 2.24) is 10.2 Å². The van der Waals surface area contributed by atoms with Gasteiger partial charge in [0.25, 0.3) is 5.91 Å². The maximum atomic E-state index is 14.0. The highest BCUT2D eigenvalue weighted by Gasteiger charge is 2.55. The van der Waals surface area contributed by atoms with E-state index in [1.54, 1.807) is 31.2 Å². The number of allylic oxidation sites excluding steroid dienone is 3. The summed E-state index contributed by atoms with van der Waals surface area (Å²) in [5, 5.41) is 14.0. The second-order valence-electron chi connectivity index (χ2n) is 14.2. The molecule has 13 nitrogen and oxygen atoms in total. The number of fused-ring (bicyclic) bond motifs is 5. The number of methoxy groups -OCH3 is 1. The van der Waals surface area contributed by atoms with Crippen molar-refractivity contribution in [2.24, 2.45) is 5.92 Å². The van der Waals surface area contributed by atoms with Crippen LogP contribution in [0, 0.1) is 5.92 Å². The van der Waals surface area contributed by atoms with Gasteiger partial charge in [0.05, 0.1) is 36.4 Å². The van der Waals surface area contributed by atoms with Crippen LogP contribution in [-0.4, -0.2) is 91.3 Å². The zero-order chi connectivity index (χ0) is 40.6. The monoisotopic (exact) mass is 792 g/mol. The number of rotatable bonds is 5. The van der Waals surface area contributed by atoms with E-state index in [1.165, 1.54) is 26.0 Å². The Labute approximate surface area is 321 Å². The van der Waals surface area contributed by atoms with E-state index in [0.717, 1.165) is 35.2 Å². The van der Waals surface area contributed by atoms with Crippen molar-refractivity contribution in [2.75, 3.05) is 31.8 Å². The number of nitrogens with two attached hydrogens (primary N) is 1. The molecule has 0 unspecified atom stereocenters. The van der Waals surface area contributed by atoms with Gasteiger partial charge in [-0.3, -0.25) is 14.9 Å². The lowest BCUT2D eigenvalue weighted by atomic mass is 9.88. The Balaban J connectivity index is 1.47. The van der Waals surface area contributed by atoms with Crippen LogP contribution >= 0.6 is 11.6 Å². The summed E-state index contributed by atoms with van der Waals surface area (Å²) < 4.78 is 64.4. The Kier molecular flexibility index (Phi) is 12.1. The first-order valence-electron chi connectivity index (χ1n) is 17.5. The fourth-order valence-corrected chi connectivity index (χ4v) is 7.03. The number of nitrogens with one attached hydrogen (secondary N) is 1. The number of esters is 1. The number of alkyl halides is 3. The number of halogens is 4. The topological polar surface area (TPSA) is 173 Å². The summed E-state index contributed by atoms with van der Waals surface area (Å²) in [7, 11) is 4.08. The average molecular weight is 793 g/mol. The maximum Gasteiger partial charge on any atom is 0.417 e. The van der Waals surface area contributed by atoms with Crippen molar-refractivity contribution in [1.29, 1.82) is 0 Å². The van der Waals surface area contributed by atoms with E-state index in [9.17, 15) is 37.5 Å². The van der Waals surface area contributed by atoms with Crippen molar-refractivity contribution >= 4 is 46.9 Å². The quantitative estimate of drug-likeness (QED) is 0.202. The minimum absolute atomic E-state index is 0.00916. The molecule has 3 aliphatic heterocycles. The average Bonchev–Trinajstić information content (AvgIpc) is 3.92. The second kappa shape index (κ2) is 16.1. The molecule has 3 aliphatic rings. The predicted molar refractivity (Wildman–Crippen MR) is 195 cm³/mol. The predicted octanol–water partition coefficient (Wildman–Crippen LogP) is 5.41. The number of amides is 3. The molecule has 298 valence electrons. The molecule has 2 fully saturated rings. The lowest BCUT2D eigenvalue weighted by Crippen LogP contribution is -2.57. The van der Waals surface area contributed by atoms with Crippen LogP contribution < -0.4 is 20.7 Å². The van der Waals surface area contributed by atoms with Gasteiger partial charge in [-0.05, 0) is 56.2 Å². The smallest absolute Gasteiger partial charge is 0.417 e. The number of hydrogen-bond acceptors (Lipinski definition) is 10. The lowest BCUT2D eigenvalue weighted by Gasteiger charge is -2.38. The molecular weight excluding hydrogens is 749 g/mol. The van der Waals surface area contributed by atoms with Crippen LogP contribution in [0.5, 0.6) is 5.75 Å². The van der Waals surface area contributed by atoms with Crippen LogP contribution in [0.25, 0.3) is 0 Å². The van der Waals surface area contributed by atoms with E-state index in [0.29, 0.717) is 23.9 Å². The molecular formula is C38H44ClF3N4O9. The van der Waals surface area contributed by atoms with Gasteiger partial charge in [0, 0.05) is 38.5 Å². The molecule has 4 N–H and O–H groups in total. The first kappa shape index (κ1) is 41.4. The Bertz CT molecular complexity index is 1910. The van der Waals surface area contributed by atoms with Crippen LogP contribution in [-0.2, 0) is 36.4 Å². The molecule has 2 aromatic rings. The number of epoxide rings is 1. The second-order valence-corrected chi connectivity index (χ2v) is 14.6. The zero-order valence-electron chi connectivity index (χ0n) is 31.1. The van der Waals surface area contributed by atoms with Gasteiger partial charge in [0.1, 0.15) is 40.9 Å². The van der Waals surface area contributed by atoms with Crippen molar-refractivity contribution in [3.63, 3.8) is 0 Å². The van der Waals surface area contributed by atoms with Gasteiger partial charge >= 0.3 is 18.2 Å². The summed E-state index contributed by atoms with van der Waals surface area (Å²) in [6, 6.07) is 4.75. The van der Waals surface area contributed by atoms with Crippen LogP contribution in [0.4, 0.5) is 29.3 Å². The fraction of sp³-hybridized carbons (Fsp3) is 0.474. The summed E-state index contributed by atoms with van der Waals surface area (Å²) >= 11 is 6.69. The van der Waals surface area contributed by atoms with Crippen molar-refractivity contribution in [3.05, 3.63) is 75.8 Å². The number of carbonyl (C=O) groups is 4. The Morgan fingerprint density at radius 1 is 1.20 bits per heavy atom. The first-order valence-corrected chi connectivity index (χ1v) is 17.9. The Hall–Kier alpha value is -4.80. The molecule has 3 heterocycles. The van der Waals surface area contributed by atoms with Gasteiger partial charge in [-0.1, -0.05) is 42.3 Å². The van der Waals surface area contributed by atoms with Crippen LogP contribution in [0.3, 0.4) is 0 Å². The normalized spacial score (nSPS) is 28.0. The molecule has 5 rings (SSSR count). The summed E-state index contributed by atoms with van der Waals surface area (Å²) in [4.78, 5) is 55.7. The van der Waals surface area contributed by atoms with Gasteiger partial charge in [-0.15, -0.1) is 0 Å². The molecule has 0 aromatic heterocycles. The minimum Gasteiger partial charge on any atom is -0.495 e. The molecule has 3 amide bonds. The van der Waals surface area contributed by atoms with Gasteiger partial charge < -0.3 is 39.6 Å². The number of carbonyl (C=O) groups excluding carboxylic acids is 4. The SMILES string of the molecule is COc1cc2cc(c1Cl)N(C)C(=O)C[C@H](OC(=O)[C@H](C)N(C)C(=O)c1ccc(N)cc1C(F)(F)F)[C@@H]1O[C@H]1[C@H](C)[C@@H]1C[C@](O)(C/C=C/C=C(\C)C2)NC(=O)O1. The lowest BCUT2D eigenvalue weighted by molar-refractivity contribution is -0.155. The molecule has 0 saturated carbocycles. The van der Waals surface area contributed by atoms with Crippen LogP contribution in [0.15, 0.2) is 54.1 Å². The number of likely N-dealkylation sites (N-methyl/N-ethyl adjacent to an activating group) is 1. The largest absolute Gasteiger partial charge is 0.495 e. The van der Waals surface area contributed by atoms with E-state index < -0.39 is 89.7 Å². The summed E-state index contributed by atoms with van der Waals surface area (Å²) in [5.74, 6) is -2.95. The van der Waals surface area contributed by atoms with Gasteiger partial charge in [-0.25, -0.2) is 9.59 Å². The molecule has 17 heteroatoms. The summed E-state index contributed by atoms with van der Waals surface area (Å²) in [6.07, 6.45) is -4.12. The molecule has 55 heavy (non-hydrogen) atoms. The Morgan fingerprint density at radius 3 is 2.58 bits per heavy atom. The van der Waals surface area contributed by atoms with Gasteiger partial charge in [0.2, 0.25) is 5.91 Å². The third-order valence-electron chi connectivity index (χ3n) is 10.1.